The third-order valence-electron chi connectivity index (χ3n) is 5.48. The van der Waals surface area contributed by atoms with Gasteiger partial charge in [-0.05, 0) is 46.8 Å². The Morgan fingerprint density at radius 2 is 1.43 bits per heavy atom. The first-order valence-electron chi connectivity index (χ1n) is 10.5. The fourth-order valence-corrected chi connectivity index (χ4v) is 4.05. The summed E-state index contributed by atoms with van der Waals surface area (Å²) >= 11 is 6.37. The quantitative estimate of drug-likeness (QED) is 0.443. The molecule has 30 heavy (non-hydrogen) atoms. The Bertz CT molecular complexity index is 879. The van der Waals surface area contributed by atoms with Crippen LogP contribution in [-0.2, 0) is 16.8 Å². The predicted molar refractivity (Wildman–Crippen MR) is 127 cm³/mol. The molecule has 0 aliphatic rings. The van der Waals surface area contributed by atoms with Crippen molar-refractivity contribution in [3.8, 4) is 0 Å². The van der Waals surface area contributed by atoms with Gasteiger partial charge in [-0.15, -0.1) is 0 Å². The summed E-state index contributed by atoms with van der Waals surface area (Å²) in [4.78, 5) is 0. The van der Waals surface area contributed by atoms with Crippen molar-refractivity contribution in [1.29, 1.82) is 0 Å². The molecule has 0 heterocycles. The Balaban J connectivity index is 1.76. The van der Waals surface area contributed by atoms with Gasteiger partial charge >= 0.3 is 0 Å². The maximum absolute atomic E-state index is 6.37. The lowest BCUT2D eigenvalue weighted by Gasteiger charge is -2.28. The maximum atomic E-state index is 6.37. The van der Waals surface area contributed by atoms with Crippen LogP contribution in [0.4, 0.5) is 0 Å². The molecule has 0 bridgehead atoms. The van der Waals surface area contributed by atoms with Gasteiger partial charge in [-0.3, -0.25) is 0 Å². The molecule has 3 aromatic rings. The average Bonchev–Trinajstić information content (AvgIpc) is 2.73. The van der Waals surface area contributed by atoms with Crippen molar-refractivity contribution in [1.82, 2.24) is 5.32 Å². The van der Waals surface area contributed by atoms with Gasteiger partial charge in [0.1, 0.15) is 0 Å². The van der Waals surface area contributed by atoms with Crippen LogP contribution in [0.2, 0.25) is 5.02 Å². The van der Waals surface area contributed by atoms with Crippen molar-refractivity contribution in [2.24, 2.45) is 0 Å². The molecule has 1 unspecified atom stereocenters. The number of hydrogen-bond donors (Lipinski definition) is 1. The smallest absolute Gasteiger partial charge is 0.0718 e. The first-order valence-corrected chi connectivity index (χ1v) is 10.9. The van der Waals surface area contributed by atoms with E-state index < -0.39 is 0 Å². The minimum absolute atomic E-state index is 0.0544. The second-order valence-corrected chi connectivity index (χ2v) is 9.24. The fourth-order valence-electron chi connectivity index (χ4n) is 3.79. The van der Waals surface area contributed by atoms with Crippen LogP contribution in [0, 0.1) is 0 Å². The molecule has 0 amide bonds. The Morgan fingerprint density at radius 3 is 1.93 bits per heavy atom. The highest BCUT2D eigenvalue weighted by molar-refractivity contribution is 6.30. The third-order valence-corrected chi connectivity index (χ3v) is 5.70. The fraction of sp³-hybridized carbons (Fsp3) is 0.333. The van der Waals surface area contributed by atoms with Crippen molar-refractivity contribution in [2.75, 3.05) is 13.7 Å². The minimum Gasteiger partial charge on any atom is -0.375 e. The van der Waals surface area contributed by atoms with Crippen LogP contribution < -0.4 is 5.32 Å². The molecule has 1 N–H and O–H groups in total. The molecule has 0 saturated carbocycles. The SMILES string of the molecule is CNC(COCc1cc(Cl)cc(C(C)(C)C)c1)C(c1ccccc1)c1ccccc1. The van der Waals surface area contributed by atoms with Crippen molar-refractivity contribution >= 4 is 11.6 Å². The van der Waals surface area contributed by atoms with Crippen LogP contribution in [0.25, 0.3) is 0 Å². The van der Waals surface area contributed by atoms with Crippen molar-refractivity contribution in [3.63, 3.8) is 0 Å². The third kappa shape index (κ3) is 5.95. The summed E-state index contributed by atoms with van der Waals surface area (Å²) < 4.78 is 6.20. The lowest BCUT2D eigenvalue weighted by atomic mass is 9.85. The van der Waals surface area contributed by atoms with Crippen LogP contribution in [-0.4, -0.2) is 19.7 Å². The van der Waals surface area contributed by atoms with Crippen LogP contribution in [0.1, 0.15) is 48.9 Å². The second kappa shape index (κ2) is 10.3. The summed E-state index contributed by atoms with van der Waals surface area (Å²) in [7, 11) is 2.00. The first-order chi connectivity index (χ1) is 14.4. The molecule has 158 valence electrons. The summed E-state index contributed by atoms with van der Waals surface area (Å²) in [5.74, 6) is 0.210. The van der Waals surface area contributed by atoms with E-state index in [2.05, 4.69) is 92.8 Å². The number of nitrogens with one attached hydrogen (secondary N) is 1. The van der Waals surface area contributed by atoms with Crippen LogP contribution >= 0.6 is 11.6 Å². The summed E-state index contributed by atoms with van der Waals surface area (Å²) in [5, 5.41) is 4.24. The number of rotatable bonds is 8. The van der Waals surface area contributed by atoms with Crippen LogP contribution in [0.15, 0.2) is 78.9 Å². The Hall–Kier alpha value is -2.13. The first kappa shape index (κ1) is 22.6. The number of benzene rings is 3. The lowest BCUT2D eigenvalue weighted by Crippen LogP contribution is -2.37. The number of halogens is 1. The number of ether oxygens (including phenoxy) is 1. The molecule has 0 aromatic heterocycles. The molecule has 0 spiro atoms. The number of likely N-dealkylation sites (N-methyl/N-ethyl adjacent to an activating group) is 1. The van der Waals surface area contributed by atoms with E-state index in [1.165, 1.54) is 16.7 Å². The number of hydrogen-bond acceptors (Lipinski definition) is 2. The van der Waals surface area contributed by atoms with E-state index in [0.717, 1.165) is 10.6 Å². The van der Waals surface area contributed by atoms with E-state index >= 15 is 0 Å². The van der Waals surface area contributed by atoms with Crippen LogP contribution in [0.5, 0.6) is 0 Å². The summed E-state index contributed by atoms with van der Waals surface area (Å²) in [6.07, 6.45) is 0. The summed E-state index contributed by atoms with van der Waals surface area (Å²) in [5.41, 5.74) is 4.95. The molecule has 3 heteroatoms. The zero-order valence-electron chi connectivity index (χ0n) is 18.4. The summed E-state index contributed by atoms with van der Waals surface area (Å²) in [6.45, 7) is 7.74. The van der Waals surface area contributed by atoms with E-state index in [-0.39, 0.29) is 17.4 Å². The van der Waals surface area contributed by atoms with E-state index in [1.54, 1.807) is 0 Å². The van der Waals surface area contributed by atoms with E-state index in [0.29, 0.717) is 13.2 Å². The van der Waals surface area contributed by atoms with Crippen LogP contribution in [0.3, 0.4) is 0 Å². The molecule has 0 fully saturated rings. The standard InChI is InChI=1S/C27H32ClNO/c1-27(2,3)23-15-20(16-24(28)17-23)18-30-19-25(29-4)26(21-11-7-5-8-12-21)22-13-9-6-10-14-22/h5-17,25-26,29H,18-19H2,1-4H3. The second-order valence-electron chi connectivity index (χ2n) is 8.81. The highest BCUT2D eigenvalue weighted by Crippen LogP contribution is 2.29. The molecule has 0 aliphatic heterocycles. The largest absolute Gasteiger partial charge is 0.375 e. The molecular formula is C27H32ClNO. The molecule has 0 radical (unpaired) electrons. The van der Waals surface area contributed by atoms with Gasteiger partial charge in [0.05, 0.1) is 13.2 Å². The van der Waals surface area contributed by atoms with Gasteiger partial charge in [0, 0.05) is 17.0 Å². The zero-order valence-corrected chi connectivity index (χ0v) is 19.1. The van der Waals surface area contributed by atoms with Gasteiger partial charge in [0.15, 0.2) is 0 Å². The monoisotopic (exact) mass is 421 g/mol. The van der Waals surface area contributed by atoms with Crippen molar-refractivity contribution in [2.45, 2.75) is 44.8 Å². The van der Waals surface area contributed by atoms with Gasteiger partial charge in [-0.2, -0.15) is 0 Å². The zero-order chi connectivity index (χ0) is 21.6. The Kier molecular flexibility index (Phi) is 7.71. The van der Waals surface area contributed by atoms with Gasteiger partial charge in [0.2, 0.25) is 0 Å². The molecule has 1 atom stereocenters. The minimum atomic E-state index is 0.0544. The van der Waals surface area contributed by atoms with Gasteiger partial charge in [-0.1, -0.05) is 99.1 Å². The van der Waals surface area contributed by atoms with E-state index in [9.17, 15) is 0 Å². The van der Waals surface area contributed by atoms with E-state index in [4.69, 9.17) is 16.3 Å². The van der Waals surface area contributed by atoms with Gasteiger partial charge in [0.25, 0.3) is 0 Å². The molecule has 3 aromatic carbocycles. The molecule has 2 nitrogen and oxygen atoms in total. The highest BCUT2D eigenvalue weighted by atomic mass is 35.5. The average molecular weight is 422 g/mol. The summed E-state index contributed by atoms with van der Waals surface area (Å²) in [6, 6.07) is 27.6. The molecule has 0 aliphatic carbocycles. The van der Waals surface area contributed by atoms with E-state index in [1.807, 2.05) is 19.2 Å². The molecule has 3 rings (SSSR count). The molecular weight excluding hydrogens is 390 g/mol. The predicted octanol–water partition coefficient (Wildman–Crippen LogP) is 6.57. The van der Waals surface area contributed by atoms with Crippen molar-refractivity contribution in [3.05, 3.63) is 106 Å². The van der Waals surface area contributed by atoms with Gasteiger partial charge < -0.3 is 10.1 Å². The lowest BCUT2D eigenvalue weighted by molar-refractivity contribution is 0.0963. The Labute approximate surface area is 186 Å². The highest BCUT2D eigenvalue weighted by Gasteiger charge is 2.24. The molecule has 0 saturated heterocycles. The van der Waals surface area contributed by atoms with Gasteiger partial charge in [-0.25, -0.2) is 0 Å². The normalized spacial score (nSPS) is 12.9. The topological polar surface area (TPSA) is 21.3 Å². The van der Waals surface area contributed by atoms with Crippen molar-refractivity contribution < 1.29 is 4.74 Å². The maximum Gasteiger partial charge on any atom is 0.0718 e. The Morgan fingerprint density at radius 1 is 0.867 bits per heavy atom.